The van der Waals surface area contributed by atoms with Crippen molar-refractivity contribution in [3.63, 3.8) is 0 Å². The number of hydrogen-bond donors (Lipinski definition) is 3. The highest BCUT2D eigenvalue weighted by atomic mass is 35.5. The molecule has 0 saturated carbocycles. The number of carbonyl (C=O) groups excluding carboxylic acids is 2. The molecule has 0 spiro atoms. The molecule has 46 heavy (non-hydrogen) atoms. The van der Waals surface area contributed by atoms with E-state index in [-0.39, 0.29) is 17.9 Å². The zero-order chi connectivity index (χ0) is 33.1. The Morgan fingerprint density at radius 3 is 2.57 bits per heavy atom. The fourth-order valence-electron chi connectivity index (χ4n) is 6.40. The fourth-order valence-corrected chi connectivity index (χ4v) is 6.69. The van der Waals surface area contributed by atoms with Crippen LogP contribution in [-0.2, 0) is 28.0 Å². The number of ether oxygens (including phenoxy) is 2. The average Bonchev–Trinajstić information content (AvgIpc) is 3.09. The highest BCUT2D eigenvalue weighted by molar-refractivity contribution is 6.33. The van der Waals surface area contributed by atoms with Gasteiger partial charge in [0.25, 0.3) is 5.91 Å². The van der Waals surface area contributed by atoms with Crippen molar-refractivity contribution in [1.29, 1.82) is 0 Å². The number of carbonyl (C=O) groups is 2. The zero-order valence-electron chi connectivity index (χ0n) is 27.5. The van der Waals surface area contributed by atoms with Crippen LogP contribution < -0.4 is 10.6 Å². The average molecular weight is 650 g/mol. The Morgan fingerprint density at radius 1 is 1.09 bits per heavy atom. The van der Waals surface area contributed by atoms with Gasteiger partial charge in [-0.15, -0.1) is 0 Å². The third-order valence-electron chi connectivity index (χ3n) is 8.95. The summed E-state index contributed by atoms with van der Waals surface area (Å²) in [4.78, 5) is 27.4. The molecule has 3 N–H and O–H groups in total. The number of nitrogens with one attached hydrogen (secondary N) is 2. The number of nitrogens with zero attached hydrogens (tertiary/aromatic N) is 1. The number of piperidine rings is 1. The highest BCUT2D eigenvalue weighted by Crippen LogP contribution is 2.45. The van der Waals surface area contributed by atoms with Gasteiger partial charge in [0.15, 0.2) is 0 Å². The van der Waals surface area contributed by atoms with Crippen LogP contribution in [0, 0.1) is 5.92 Å². The van der Waals surface area contributed by atoms with Crippen LogP contribution in [0.2, 0.25) is 5.02 Å². The summed E-state index contributed by atoms with van der Waals surface area (Å²) in [7, 11) is 3.02. The zero-order valence-corrected chi connectivity index (χ0v) is 28.2. The molecular weight excluding hydrogens is 602 g/mol. The quantitative estimate of drug-likeness (QED) is 0.171. The van der Waals surface area contributed by atoms with Crippen LogP contribution in [0.15, 0.2) is 66.7 Å². The Hall–Kier alpha value is -3.43. The van der Waals surface area contributed by atoms with Gasteiger partial charge in [-0.1, -0.05) is 67.1 Å². The van der Waals surface area contributed by atoms with Crippen molar-refractivity contribution in [1.82, 2.24) is 15.5 Å². The van der Waals surface area contributed by atoms with Crippen molar-refractivity contribution >= 4 is 23.6 Å². The number of benzene rings is 3. The predicted octanol–water partition coefficient (Wildman–Crippen LogP) is 6.57. The lowest BCUT2D eigenvalue weighted by Gasteiger charge is -2.44. The van der Waals surface area contributed by atoms with E-state index in [2.05, 4.69) is 36.6 Å². The summed E-state index contributed by atoms with van der Waals surface area (Å²) in [5.74, 6) is -0.297. The molecule has 1 fully saturated rings. The SMILES string of the molecule is CCc1cccc(-c2c(Cl)cccc2C(O)(CCCNC(=O)OC)C2CCCN(C(=O)c3ccc(CNC(C)COC)cc3)C2)c1. The van der Waals surface area contributed by atoms with Gasteiger partial charge >= 0.3 is 6.09 Å². The first-order valence-electron chi connectivity index (χ1n) is 16.2. The highest BCUT2D eigenvalue weighted by Gasteiger charge is 2.43. The van der Waals surface area contributed by atoms with E-state index in [1.54, 1.807) is 7.11 Å². The van der Waals surface area contributed by atoms with Gasteiger partial charge in [0, 0.05) is 61.4 Å². The number of likely N-dealkylation sites (tertiary alicyclic amines) is 1. The van der Waals surface area contributed by atoms with E-state index < -0.39 is 11.7 Å². The molecule has 1 aliphatic heterocycles. The first kappa shape index (κ1) is 35.4. The van der Waals surface area contributed by atoms with Crippen molar-refractivity contribution in [2.24, 2.45) is 5.92 Å². The Morgan fingerprint density at radius 2 is 1.85 bits per heavy atom. The van der Waals surface area contributed by atoms with Crippen molar-refractivity contribution in [3.8, 4) is 11.1 Å². The predicted molar refractivity (Wildman–Crippen MR) is 183 cm³/mol. The van der Waals surface area contributed by atoms with Crippen molar-refractivity contribution in [3.05, 3.63) is 94.0 Å². The molecule has 4 rings (SSSR count). The summed E-state index contributed by atoms with van der Waals surface area (Å²) in [5.41, 5.74) is 4.07. The van der Waals surface area contributed by atoms with E-state index in [4.69, 9.17) is 21.1 Å². The fraction of sp³-hybridized carbons (Fsp3) is 0.459. The molecule has 3 aromatic carbocycles. The van der Waals surface area contributed by atoms with E-state index >= 15 is 0 Å². The molecule has 3 atom stereocenters. The third kappa shape index (κ3) is 8.88. The number of methoxy groups -OCH3 is 2. The van der Waals surface area contributed by atoms with Crippen LogP contribution >= 0.6 is 11.6 Å². The first-order valence-corrected chi connectivity index (χ1v) is 16.6. The Bertz CT molecular complexity index is 1450. The van der Waals surface area contributed by atoms with Crippen LogP contribution in [-0.4, -0.2) is 68.5 Å². The summed E-state index contributed by atoms with van der Waals surface area (Å²) < 4.78 is 9.94. The normalized spacial score (nSPS) is 16.8. The Balaban J connectivity index is 1.61. The van der Waals surface area contributed by atoms with Gasteiger partial charge in [0.1, 0.15) is 0 Å². The van der Waals surface area contributed by atoms with E-state index in [0.717, 1.165) is 41.5 Å². The maximum absolute atomic E-state index is 13.8. The number of amides is 2. The van der Waals surface area contributed by atoms with Crippen LogP contribution in [0.3, 0.4) is 0 Å². The lowest BCUT2D eigenvalue weighted by molar-refractivity contribution is -0.0563. The summed E-state index contributed by atoms with van der Waals surface area (Å²) in [6.07, 6.45) is 2.75. The van der Waals surface area contributed by atoms with Crippen LogP contribution in [0.5, 0.6) is 0 Å². The van der Waals surface area contributed by atoms with E-state index in [9.17, 15) is 14.7 Å². The van der Waals surface area contributed by atoms with E-state index in [1.165, 1.54) is 12.7 Å². The monoisotopic (exact) mass is 649 g/mol. The van der Waals surface area contributed by atoms with Crippen molar-refractivity contribution in [2.75, 3.05) is 40.5 Å². The van der Waals surface area contributed by atoms with Gasteiger partial charge in [-0.3, -0.25) is 4.79 Å². The summed E-state index contributed by atoms with van der Waals surface area (Å²) in [5, 5.41) is 19.5. The van der Waals surface area contributed by atoms with Crippen molar-refractivity contribution < 1.29 is 24.2 Å². The van der Waals surface area contributed by atoms with E-state index in [0.29, 0.717) is 56.2 Å². The van der Waals surface area contributed by atoms with Gasteiger partial charge in [-0.2, -0.15) is 0 Å². The number of alkyl carbamates (subject to hydrolysis) is 1. The largest absolute Gasteiger partial charge is 0.453 e. The molecule has 0 aliphatic carbocycles. The number of aliphatic hydroxyl groups is 1. The molecule has 8 nitrogen and oxygen atoms in total. The first-order chi connectivity index (χ1) is 22.2. The number of halogens is 1. The molecule has 2 amide bonds. The lowest BCUT2D eigenvalue weighted by atomic mass is 9.72. The summed E-state index contributed by atoms with van der Waals surface area (Å²) in [6.45, 7) is 6.86. The molecular formula is C37H48ClN3O5. The minimum absolute atomic E-state index is 0.0476. The minimum Gasteiger partial charge on any atom is -0.453 e. The van der Waals surface area contributed by atoms with Crippen molar-refractivity contribution in [2.45, 2.75) is 64.1 Å². The lowest BCUT2D eigenvalue weighted by Crippen LogP contribution is -2.48. The molecule has 0 radical (unpaired) electrons. The second kappa shape index (κ2) is 16.9. The van der Waals surface area contributed by atoms with Crippen LogP contribution in [0.4, 0.5) is 4.79 Å². The molecule has 0 bridgehead atoms. The second-order valence-corrected chi connectivity index (χ2v) is 12.6. The topological polar surface area (TPSA) is 100 Å². The molecule has 3 unspecified atom stereocenters. The van der Waals surface area contributed by atoms with Gasteiger partial charge in [-0.05, 0) is 79.5 Å². The molecule has 1 heterocycles. The number of aryl methyl sites for hydroxylation is 1. The van der Waals surface area contributed by atoms with Gasteiger partial charge in [-0.25, -0.2) is 4.79 Å². The number of hydrogen-bond acceptors (Lipinski definition) is 6. The van der Waals surface area contributed by atoms with Gasteiger partial charge in [0.2, 0.25) is 0 Å². The van der Waals surface area contributed by atoms with Crippen LogP contribution in [0.1, 0.15) is 66.6 Å². The molecule has 1 aliphatic rings. The molecule has 3 aromatic rings. The van der Waals surface area contributed by atoms with Crippen LogP contribution in [0.25, 0.3) is 11.1 Å². The van der Waals surface area contributed by atoms with E-state index in [1.807, 2.05) is 59.5 Å². The summed E-state index contributed by atoms with van der Waals surface area (Å²) in [6, 6.07) is 21.9. The maximum Gasteiger partial charge on any atom is 0.406 e. The minimum atomic E-state index is -1.31. The standard InChI is InChI=1S/C37H48ClN3O5/c1-5-27-10-6-11-30(22-27)34-32(13-7-14-33(34)38)37(44,19-9-20-39-36(43)46-4)31-12-8-21-41(24-31)35(42)29-17-15-28(16-18-29)23-40-26(2)25-45-3/h6-7,10-11,13-18,22,26,31,40,44H,5,8-9,12,19-21,23-25H2,1-4H3,(H,39,43). The smallest absolute Gasteiger partial charge is 0.406 e. The maximum atomic E-state index is 13.8. The second-order valence-electron chi connectivity index (χ2n) is 12.2. The number of rotatable bonds is 14. The molecule has 0 aromatic heterocycles. The molecule has 248 valence electrons. The Kier molecular flexibility index (Phi) is 13.0. The molecule has 9 heteroatoms. The third-order valence-corrected chi connectivity index (χ3v) is 9.26. The molecule has 1 saturated heterocycles. The van der Waals surface area contributed by atoms with Gasteiger partial charge < -0.3 is 30.1 Å². The summed E-state index contributed by atoms with van der Waals surface area (Å²) >= 11 is 6.89. The van der Waals surface area contributed by atoms with Gasteiger partial charge in [0.05, 0.1) is 19.3 Å². The Labute approximate surface area is 278 Å².